The Hall–Kier alpha value is -2.29. The van der Waals surface area contributed by atoms with E-state index in [0.29, 0.717) is 23.0 Å². The van der Waals surface area contributed by atoms with E-state index in [-0.39, 0.29) is 10.8 Å². The van der Waals surface area contributed by atoms with Crippen molar-refractivity contribution in [3.8, 4) is 17.2 Å². The van der Waals surface area contributed by atoms with Crippen LogP contribution in [0.5, 0.6) is 5.75 Å². The predicted octanol–water partition coefficient (Wildman–Crippen LogP) is 8.73. The Kier molecular flexibility index (Phi) is 5.70. The van der Waals surface area contributed by atoms with E-state index in [4.69, 9.17) is 9.40 Å². The molecular weight excluding hydrogens is 406 g/mol. The van der Waals surface area contributed by atoms with Crippen molar-refractivity contribution in [2.45, 2.75) is 98.3 Å². The molecule has 0 bridgehead atoms. The molecule has 0 spiro atoms. The number of aromatic hydroxyl groups is 1. The van der Waals surface area contributed by atoms with Gasteiger partial charge >= 0.3 is 0 Å². The molecule has 0 amide bonds. The first-order valence-corrected chi connectivity index (χ1v) is 12.4. The lowest BCUT2D eigenvalue weighted by atomic mass is 9.66. The molecule has 3 aromatic rings. The first-order chi connectivity index (χ1) is 15.1. The van der Waals surface area contributed by atoms with Crippen LogP contribution in [0, 0.1) is 11.3 Å². The monoisotopic (exact) mass is 447 g/mol. The van der Waals surface area contributed by atoms with E-state index in [0.717, 1.165) is 33.7 Å². The fourth-order valence-corrected chi connectivity index (χ4v) is 5.82. The van der Waals surface area contributed by atoms with Crippen LogP contribution >= 0.6 is 0 Å². The lowest BCUT2D eigenvalue weighted by Crippen LogP contribution is -2.26. The normalized spacial score (nSPS) is 21.5. The molecule has 1 aromatic heterocycles. The fourth-order valence-electron chi connectivity index (χ4n) is 5.82. The van der Waals surface area contributed by atoms with Crippen molar-refractivity contribution >= 4 is 11.1 Å². The summed E-state index contributed by atoms with van der Waals surface area (Å²) in [5.41, 5.74) is 5.88. The summed E-state index contributed by atoms with van der Waals surface area (Å²) in [6.45, 7) is 19.9. The number of phenolic OH excluding ortho intramolecular Hbond substituents is 1. The van der Waals surface area contributed by atoms with Gasteiger partial charge in [0.15, 0.2) is 5.58 Å². The van der Waals surface area contributed by atoms with Gasteiger partial charge < -0.3 is 9.52 Å². The zero-order valence-electron chi connectivity index (χ0n) is 22.0. The molecule has 1 N–H and O–H groups in total. The van der Waals surface area contributed by atoms with Crippen LogP contribution in [0.25, 0.3) is 22.6 Å². The third-order valence-corrected chi connectivity index (χ3v) is 7.24. The second-order valence-corrected chi connectivity index (χ2v) is 13.3. The number of fused-ring (bicyclic) bond motifs is 1. The van der Waals surface area contributed by atoms with Crippen molar-refractivity contribution in [3.63, 3.8) is 0 Å². The summed E-state index contributed by atoms with van der Waals surface area (Å²) in [6, 6.07) is 10.6. The van der Waals surface area contributed by atoms with Crippen LogP contribution in [0.4, 0.5) is 0 Å². The molecule has 33 heavy (non-hydrogen) atoms. The van der Waals surface area contributed by atoms with Gasteiger partial charge in [-0.25, -0.2) is 4.98 Å². The molecule has 1 heterocycles. The first kappa shape index (κ1) is 23.9. The lowest BCUT2D eigenvalue weighted by Gasteiger charge is -2.39. The predicted molar refractivity (Wildman–Crippen MR) is 138 cm³/mol. The van der Waals surface area contributed by atoms with Crippen LogP contribution in [-0.2, 0) is 10.8 Å². The third kappa shape index (κ3) is 4.83. The van der Waals surface area contributed by atoms with Crippen LogP contribution in [0.3, 0.4) is 0 Å². The van der Waals surface area contributed by atoms with E-state index in [2.05, 4.69) is 80.5 Å². The Bertz CT molecular complexity index is 1140. The zero-order valence-corrected chi connectivity index (χ0v) is 22.0. The maximum Gasteiger partial charge on any atom is 0.227 e. The molecule has 3 nitrogen and oxygen atoms in total. The van der Waals surface area contributed by atoms with E-state index >= 15 is 0 Å². The molecule has 1 fully saturated rings. The molecule has 1 aliphatic rings. The summed E-state index contributed by atoms with van der Waals surface area (Å²) in [7, 11) is 0. The number of aromatic nitrogens is 1. The Morgan fingerprint density at radius 1 is 0.939 bits per heavy atom. The van der Waals surface area contributed by atoms with Crippen LogP contribution in [0.1, 0.15) is 104 Å². The van der Waals surface area contributed by atoms with Crippen LogP contribution < -0.4 is 0 Å². The highest BCUT2D eigenvalue weighted by molar-refractivity contribution is 5.78. The number of hydrogen-bond acceptors (Lipinski definition) is 3. The molecule has 4 rings (SSSR count). The summed E-state index contributed by atoms with van der Waals surface area (Å²) in [5, 5.41) is 11.1. The minimum Gasteiger partial charge on any atom is -0.507 e. The molecule has 2 atom stereocenters. The number of nitrogens with zero attached hydrogens (tertiary/aromatic N) is 1. The van der Waals surface area contributed by atoms with Gasteiger partial charge in [0.2, 0.25) is 5.89 Å². The van der Waals surface area contributed by atoms with Gasteiger partial charge in [-0.2, -0.15) is 0 Å². The highest BCUT2D eigenvalue weighted by Gasteiger charge is 2.33. The van der Waals surface area contributed by atoms with Gasteiger partial charge in [0, 0.05) is 16.7 Å². The van der Waals surface area contributed by atoms with Crippen LogP contribution in [0.15, 0.2) is 34.7 Å². The van der Waals surface area contributed by atoms with Crippen molar-refractivity contribution in [1.29, 1.82) is 0 Å². The van der Waals surface area contributed by atoms with Crippen molar-refractivity contribution in [1.82, 2.24) is 4.98 Å². The lowest BCUT2D eigenvalue weighted by molar-refractivity contribution is 0.168. The minimum atomic E-state index is -0.191. The van der Waals surface area contributed by atoms with E-state index in [9.17, 15) is 5.11 Å². The molecule has 1 saturated carbocycles. The topological polar surface area (TPSA) is 46.3 Å². The SMILES string of the molecule is CC1CC(c2ccc3oc(-c4cc(C(C)(C)C)c(O)c(C(C)(C)C)c4)nc3c2)CC(C)(C)C1. The maximum atomic E-state index is 11.1. The van der Waals surface area contributed by atoms with Gasteiger partial charge in [-0.05, 0) is 77.2 Å². The van der Waals surface area contributed by atoms with Gasteiger partial charge in [-0.3, -0.25) is 0 Å². The molecule has 3 heteroatoms. The van der Waals surface area contributed by atoms with Gasteiger partial charge in [0.05, 0.1) is 0 Å². The Balaban J connectivity index is 1.78. The largest absolute Gasteiger partial charge is 0.507 e. The first-order valence-electron chi connectivity index (χ1n) is 12.4. The molecule has 2 aromatic carbocycles. The number of rotatable bonds is 2. The molecule has 1 aliphatic carbocycles. The van der Waals surface area contributed by atoms with Gasteiger partial charge in [0.1, 0.15) is 11.3 Å². The molecule has 2 unspecified atom stereocenters. The Morgan fingerprint density at radius 3 is 2.09 bits per heavy atom. The van der Waals surface area contributed by atoms with E-state index < -0.39 is 0 Å². The smallest absolute Gasteiger partial charge is 0.227 e. The summed E-state index contributed by atoms with van der Waals surface area (Å²) in [6.07, 6.45) is 3.75. The maximum absolute atomic E-state index is 11.1. The zero-order chi connectivity index (χ0) is 24.3. The number of benzene rings is 2. The quantitative estimate of drug-likeness (QED) is 0.427. The average Bonchev–Trinajstić information content (AvgIpc) is 3.08. The number of phenols is 1. The van der Waals surface area contributed by atoms with Gasteiger partial charge in [0.25, 0.3) is 0 Å². The second kappa shape index (κ2) is 7.89. The van der Waals surface area contributed by atoms with Crippen LogP contribution in [0.2, 0.25) is 0 Å². The van der Waals surface area contributed by atoms with E-state index in [1.54, 1.807) is 0 Å². The molecule has 178 valence electrons. The molecular formula is C30H41NO2. The van der Waals surface area contributed by atoms with Crippen LogP contribution in [-0.4, -0.2) is 10.1 Å². The number of oxazole rings is 1. The fraction of sp³-hybridized carbons (Fsp3) is 0.567. The Labute approximate surface area is 199 Å². The van der Waals surface area contributed by atoms with Crippen molar-refractivity contribution in [2.75, 3.05) is 0 Å². The van der Waals surface area contributed by atoms with E-state index in [1.165, 1.54) is 24.8 Å². The molecule has 0 aliphatic heterocycles. The number of hydrogen-bond donors (Lipinski definition) is 1. The average molecular weight is 448 g/mol. The molecule has 0 saturated heterocycles. The summed E-state index contributed by atoms with van der Waals surface area (Å²) in [5.74, 6) is 2.31. The van der Waals surface area contributed by atoms with Gasteiger partial charge in [-0.15, -0.1) is 0 Å². The van der Waals surface area contributed by atoms with Gasteiger partial charge in [-0.1, -0.05) is 68.4 Å². The Morgan fingerprint density at radius 2 is 1.55 bits per heavy atom. The highest BCUT2D eigenvalue weighted by atomic mass is 16.3. The third-order valence-electron chi connectivity index (χ3n) is 7.24. The van der Waals surface area contributed by atoms with E-state index in [1.807, 2.05) is 12.1 Å². The van der Waals surface area contributed by atoms with Crippen molar-refractivity contribution in [3.05, 3.63) is 47.0 Å². The summed E-state index contributed by atoms with van der Waals surface area (Å²) in [4.78, 5) is 4.92. The van der Waals surface area contributed by atoms with Crippen molar-refractivity contribution < 1.29 is 9.52 Å². The second-order valence-electron chi connectivity index (χ2n) is 13.3. The minimum absolute atomic E-state index is 0.191. The summed E-state index contributed by atoms with van der Waals surface area (Å²) >= 11 is 0. The standard InChI is InChI=1S/C30H41NO2/c1-18-12-21(17-30(8,9)16-18)19-10-11-25-24(15-19)31-27(33-25)20-13-22(28(2,3)4)26(32)23(14-20)29(5,6)7/h10-11,13-15,18,21,32H,12,16-17H2,1-9H3. The highest BCUT2D eigenvalue weighted by Crippen LogP contribution is 2.47. The van der Waals surface area contributed by atoms with Crippen molar-refractivity contribution in [2.24, 2.45) is 11.3 Å². The molecule has 0 radical (unpaired) electrons. The summed E-state index contributed by atoms with van der Waals surface area (Å²) < 4.78 is 6.24.